The zero-order valence-electron chi connectivity index (χ0n) is 16.3. The van der Waals surface area contributed by atoms with E-state index in [2.05, 4.69) is 0 Å². The monoisotopic (exact) mass is 412 g/mol. The molecule has 2 heterocycles. The highest BCUT2D eigenvalue weighted by atomic mass is 32.2. The molecule has 2 amide bonds. The number of carbonyl (C=O) groups is 2. The van der Waals surface area contributed by atoms with Crippen molar-refractivity contribution in [1.29, 1.82) is 0 Å². The van der Waals surface area contributed by atoms with Crippen molar-refractivity contribution < 1.29 is 19.1 Å². The number of benzene rings is 2. The van der Waals surface area contributed by atoms with Gasteiger partial charge in [-0.1, -0.05) is 30.3 Å². The van der Waals surface area contributed by atoms with Gasteiger partial charge in [-0.25, -0.2) is 0 Å². The Labute approximate surface area is 174 Å². The fourth-order valence-corrected chi connectivity index (χ4v) is 4.48. The average molecular weight is 413 g/mol. The standard InChI is InChI=1S/C22H24N2O4S/c1-16(29-17-7-3-2-4-8-17)21(25)23-11-13-24(14-12-23)22(26)20-15-27-18-9-5-6-10-19(18)28-20/h2-10,16,20H,11-15H2,1H3/t16-,20-/m1/s1. The molecule has 7 heteroatoms. The Kier molecular flexibility index (Phi) is 5.94. The van der Waals surface area contributed by atoms with E-state index in [9.17, 15) is 9.59 Å². The third-order valence-corrected chi connectivity index (χ3v) is 6.19. The summed E-state index contributed by atoms with van der Waals surface area (Å²) in [6.45, 7) is 4.23. The number of thioether (sulfide) groups is 1. The highest BCUT2D eigenvalue weighted by Gasteiger charge is 2.34. The van der Waals surface area contributed by atoms with E-state index in [-0.39, 0.29) is 23.7 Å². The van der Waals surface area contributed by atoms with Crippen LogP contribution in [0.2, 0.25) is 0 Å². The van der Waals surface area contributed by atoms with E-state index in [0.717, 1.165) is 4.90 Å². The van der Waals surface area contributed by atoms with Crippen molar-refractivity contribution in [2.24, 2.45) is 0 Å². The molecule has 0 bridgehead atoms. The second-order valence-electron chi connectivity index (χ2n) is 7.09. The largest absolute Gasteiger partial charge is 0.485 e. The van der Waals surface area contributed by atoms with Crippen LogP contribution in [0.15, 0.2) is 59.5 Å². The van der Waals surface area contributed by atoms with E-state index in [4.69, 9.17) is 9.47 Å². The Hall–Kier alpha value is -2.67. The number of hydrogen-bond donors (Lipinski definition) is 0. The maximum Gasteiger partial charge on any atom is 0.267 e. The van der Waals surface area contributed by atoms with E-state index in [1.54, 1.807) is 22.7 Å². The third kappa shape index (κ3) is 4.50. The lowest BCUT2D eigenvalue weighted by molar-refractivity contribution is -0.146. The maximum atomic E-state index is 12.8. The number of hydrogen-bond acceptors (Lipinski definition) is 5. The fraction of sp³-hybridized carbons (Fsp3) is 0.364. The molecule has 1 fully saturated rings. The van der Waals surface area contributed by atoms with Gasteiger partial charge in [0, 0.05) is 31.1 Å². The van der Waals surface area contributed by atoms with E-state index < -0.39 is 6.10 Å². The average Bonchev–Trinajstić information content (AvgIpc) is 2.78. The van der Waals surface area contributed by atoms with Crippen molar-refractivity contribution in [3.63, 3.8) is 0 Å². The fourth-order valence-electron chi connectivity index (χ4n) is 3.50. The van der Waals surface area contributed by atoms with Crippen LogP contribution in [0, 0.1) is 0 Å². The highest BCUT2D eigenvalue weighted by molar-refractivity contribution is 8.00. The van der Waals surface area contributed by atoms with Gasteiger partial charge in [-0.05, 0) is 31.2 Å². The van der Waals surface area contributed by atoms with E-state index >= 15 is 0 Å². The molecule has 2 atom stereocenters. The molecule has 0 saturated carbocycles. The summed E-state index contributed by atoms with van der Waals surface area (Å²) in [6.07, 6.45) is -0.639. The number of para-hydroxylation sites is 2. The summed E-state index contributed by atoms with van der Waals surface area (Å²) in [5, 5.41) is -0.161. The summed E-state index contributed by atoms with van der Waals surface area (Å²) in [6, 6.07) is 17.3. The molecule has 2 aliphatic heterocycles. The van der Waals surface area contributed by atoms with E-state index in [1.807, 2.05) is 60.4 Å². The molecule has 2 aromatic rings. The molecule has 0 unspecified atom stereocenters. The lowest BCUT2D eigenvalue weighted by Crippen LogP contribution is -2.56. The molecule has 0 radical (unpaired) electrons. The van der Waals surface area contributed by atoms with Crippen molar-refractivity contribution in [2.75, 3.05) is 32.8 Å². The van der Waals surface area contributed by atoms with Crippen LogP contribution in [0.4, 0.5) is 0 Å². The van der Waals surface area contributed by atoms with Gasteiger partial charge in [0.05, 0.1) is 5.25 Å². The lowest BCUT2D eigenvalue weighted by Gasteiger charge is -2.37. The number of carbonyl (C=O) groups excluding carboxylic acids is 2. The van der Waals surface area contributed by atoms with Gasteiger partial charge in [0.15, 0.2) is 11.5 Å². The number of piperazine rings is 1. The third-order valence-electron chi connectivity index (χ3n) is 5.09. The number of fused-ring (bicyclic) bond motifs is 1. The number of ether oxygens (including phenoxy) is 2. The Morgan fingerprint density at radius 1 is 0.931 bits per heavy atom. The molecular formula is C22H24N2O4S. The first-order valence-corrected chi connectivity index (χ1v) is 10.7. The molecule has 0 aromatic heterocycles. The first-order chi connectivity index (χ1) is 14.1. The van der Waals surface area contributed by atoms with Crippen LogP contribution in [-0.4, -0.2) is 65.8 Å². The Bertz CT molecular complexity index is 868. The van der Waals surface area contributed by atoms with Gasteiger partial charge in [-0.15, -0.1) is 11.8 Å². The summed E-state index contributed by atoms with van der Waals surface area (Å²) >= 11 is 1.56. The molecule has 6 nitrogen and oxygen atoms in total. The molecular weight excluding hydrogens is 388 g/mol. The van der Waals surface area contributed by atoms with E-state index in [1.165, 1.54) is 0 Å². The number of amides is 2. The molecule has 2 aliphatic rings. The van der Waals surface area contributed by atoms with Gasteiger partial charge in [0.1, 0.15) is 6.61 Å². The zero-order valence-corrected chi connectivity index (χ0v) is 17.1. The molecule has 29 heavy (non-hydrogen) atoms. The van der Waals surface area contributed by atoms with Crippen LogP contribution in [0.3, 0.4) is 0 Å². The first-order valence-electron chi connectivity index (χ1n) is 9.79. The first kappa shape index (κ1) is 19.6. The van der Waals surface area contributed by atoms with Crippen LogP contribution in [0.5, 0.6) is 11.5 Å². The van der Waals surface area contributed by atoms with Gasteiger partial charge < -0.3 is 19.3 Å². The smallest absolute Gasteiger partial charge is 0.267 e. The minimum Gasteiger partial charge on any atom is -0.485 e. The van der Waals surface area contributed by atoms with Crippen molar-refractivity contribution >= 4 is 23.6 Å². The Balaban J connectivity index is 1.29. The Morgan fingerprint density at radius 2 is 1.55 bits per heavy atom. The quantitative estimate of drug-likeness (QED) is 0.723. The summed E-state index contributed by atoms with van der Waals surface area (Å²) in [7, 11) is 0. The summed E-state index contributed by atoms with van der Waals surface area (Å²) in [5.41, 5.74) is 0. The van der Waals surface area contributed by atoms with Gasteiger partial charge in [-0.2, -0.15) is 0 Å². The van der Waals surface area contributed by atoms with Crippen molar-refractivity contribution in [1.82, 2.24) is 9.80 Å². The molecule has 152 valence electrons. The molecule has 0 aliphatic carbocycles. The van der Waals surface area contributed by atoms with Crippen LogP contribution < -0.4 is 9.47 Å². The number of nitrogens with zero attached hydrogens (tertiary/aromatic N) is 2. The van der Waals surface area contributed by atoms with Gasteiger partial charge in [-0.3, -0.25) is 9.59 Å². The van der Waals surface area contributed by atoms with Gasteiger partial charge >= 0.3 is 0 Å². The SMILES string of the molecule is C[C@@H](Sc1ccccc1)C(=O)N1CCN(C(=O)[C@H]2COc3ccccc3O2)CC1. The van der Waals surface area contributed by atoms with Gasteiger partial charge in [0.2, 0.25) is 12.0 Å². The predicted molar refractivity (Wildman–Crippen MR) is 111 cm³/mol. The normalized spacial score (nSPS) is 19.6. The highest BCUT2D eigenvalue weighted by Crippen LogP contribution is 2.31. The minimum atomic E-state index is -0.639. The summed E-state index contributed by atoms with van der Waals surface area (Å²) in [5.74, 6) is 1.28. The van der Waals surface area contributed by atoms with Crippen molar-refractivity contribution in [3.05, 3.63) is 54.6 Å². The van der Waals surface area contributed by atoms with Crippen LogP contribution in [0.25, 0.3) is 0 Å². The van der Waals surface area contributed by atoms with Crippen LogP contribution in [-0.2, 0) is 9.59 Å². The molecule has 0 N–H and O–H groups in total. The predicted octanol–water partition coefficient (Wildman–Crippen LogP) is 2.68. The second kappa shape index (κ2) is 8.78. The van der Waals surface area contributed by atoms with Crippen LogP contribution in [0.1, 0.15) is 6.92 Å². The molecule has 0 spiro atoms. The molecule has 1 saturated heterocycles. The Morgan fingerprint density at radius 3 is 2.28 bits per heavy atom. The maximum absolute atomic E-state index is 12.8. The van der Waals surface area contributed by atoms with Crippen molar-refractivity contribution in [3.8, 4) is 11.5 Å². The van der Waals surface area contributed by atoms with Crippen molar-refractivity contribution in [2.45, 2.75) is 23.2 Å². The topological polar surface area (TPSA) is 59.1 Å². The minimum absolute atomic E-state index is 0.0849. The molecule has 2 aromatic carbocycles. The second-order valence-corrected chi connectivity index (χ2v) is 8.50. The van der Waals surface area contributed by atoms with E-state index in [0.29, 0.717) is 37.7 Å². The van der Waals surface area contributed by atoms with Gasteiger partial charge in [0.25, 0.3) is 5.91 Å². The van der Waals surface area contributed by atoms with Crippen LogP contribution >= 0.6 is 11.8 Å². The molecule has 4 rings (SSSR count). The summed E-state index contributed by atoms with van der Waals surface area (Å²) in [4.78, 5) is 30.3. The summed E-state index contributed by atoms with van der Waals surface area (Å²) < 4.78 is 11.5. The number of rotatable bonds is 4. The lowest BCUT2D eigenvalue weighted by atomic mass is 10.2. The zero-order chi connectivity index (χ0) is 20.2.